The molecule has 3 aromatic heterocycles. The molecule has 4 aromatic rings. The van der Waals surface area contributed by atoms with Gasteiger partial charge in [0.15, 0.2) is 5.82 Å². The summed E-state index contributed by atoms with van der Waals surface area (Å²) in [5, 5.41) is 14.6. The number of nitrogens with zero attached hydrogens (tertiary/aromatic N) is 3. The summed E-state index contributed by atoms with van der Waals surface area (Å²) in [5.41, 5.74) is 4.02. The average Bonchev–Trinajstić information content (AvgIpc) is 3.33. The second-order valence-electron chi connectivity index (χ2n) is 7.43. The first kappa shape index (κ1) is 22.6. The number of rotatable bonds is 10. The number of hydrogen-bond donors (Lipinski definition) is 2. The number of aliphatic hydroxyl groups excluding tert-OH is 1. The van der Waals surface area contributed by atoms with Crippen molar-refractivity contribution in [3.63, 3.8) is 0 Å². The molecule has 0 aliphatic carbocycles. The number of benzene rings is 1. The molecule has 0 aliphatic rings. The number of carbonyl (C=O) groups is 1. The van der Waals surface area contributed by atoms with Crippen molar-refractivity contribution < 1.29 is 14.3 Å². The Morgan fingerprint density at radius 2 is 2.00 bits per heavy atom. The van der Waals surface area contributed by atoms with Gasteiger partial charge in [-0.05, 0) is 53.9 Å². The van der Waals surface area contributed by atoms with Gasteiger partial charge in [0.05, 0.1) is 24.5 Å². The molecule has 1 amide bonds. The third-order valence-electron chi connectivity index (χ3n) is 5.09. The van der Waals surface area contributed by atoms with Crippen molar-refractivity contribution in [1.29, 1.82) is 0 Å². The highest BCUT2D eigenvalue weighted by molar-refractivity contribution is 7.10. The monoisotopic (exact) mass is 462 g/mol. The van der Waals surface area contributed by atoms with Gasteiger partial charge in [-0.3, -0.25) is 9.78 Å². The number of aliphatic hydroxyl groups is 1. The number of pyridine rings is 2. The van der Waals surface area contributed by atoms with E-state index in [9.17, 15) is 14.3 Å². The molecule has 0 saturated carbocycles. The molecule has 0 unspecified atom stereocenters. The first-order chi connectivity index (χ1) is 16.2. The lowest BCUT2D eigenvalue weighted by molar-refractivity contribution is -0.107. The van der Waals surface area contributed by atoms with E-state index >= 15 is 0 Å². The Bertz CT molecular complexity index is 1220. The molecule has 0 aliphatic heterocycles. The molecule has 0 radical (unpaired) electrons. The summed E-state index contributed by atoms with van der Waals surface area (Å²) in [4.78, 5) is 23.3. The number of amides is 1. The van der Waals surface area contributed by atoms with Crippen molar-refractivity contribution in [1.82, 2.24) is 9.97 Å². The topological polar surface area (TPSA) is 78.4 Å². The minimum absolute atomic E-state index is 0.0223. The summed E-state index contributed by atoms with van der Waals surface area (Å²) >= 11 is 1.46. The number of carbonyl (C=O) groups excluding carboxylic acids is 1. The molecular formula is C25H23FN4O2S. The predicted octanol–water partition coefficient (Wildman–Crippen LogP) is 4.65. The third kappa shape index (κ3) is 5.79. The van der Waals surface area contributed by atoms with Gasteiger partial charge < -0.3 is 15.3 Å². The molecule has 8 heteroatoms. The van der Waals surface area contributed by atoms with Gasteiger partial charge in [0.1, 0.15) is 5.82 Å². The molecule has 0 atom stereocenters. The van der Waals surface area contributed by atoms with Crippen molar-refractivity contribution in [3.05, 3.63) is 94.2 Å². The molecule has 3 heterocycles. The van der Waals surface area contributed by atoms with Crippen LogP contribution in [0.25, 0.3) is 11.3 Å². The zero-order valence-electron chi connectivity index (χ0n) is 17.8. The molecule has 0 saturated heterocycles. The standard InChI is InChI=1S/C25H23FN4O2S/c26-21-5-1-3-18(11-21)8-10-28-25-24(30(17-32)14-19-4-2-9-27-13-19)7-6-23(29-25)20-12-22(15-31)33-16-20/h1-7,9,11-13,16-17,31H,8,10,14-15H2,(H,28,29). The van der Waals surface area contributed by atoms with Gasteiger partial charge in [-0.15, -0.1) is 11.3 Å². The maximum atomic E-state index is 13.5. The number of thiophene rings is 1. The minimum Gasteiger partial charge on any atom is -0.391 e. The Morgan fingerprint density at radius 3 is 2.73 bits per heavy atom. The summed E-state index contributed by atoms with van der Waals surface area (Å²) in [6.07, 6.45) is 4.78. The van der Waals surface area contributed by atoms with E-state index in [4.69, 9.17) is 4.98 Å². The molecule has 2 N–H and O–H groups in total. The number of aromatic nitrogens is 2. The average molecular weight is 463 g/mol. The quantitative estimate of drug-likeness (QED) is 0.335. The number of nitrogens with one attached hydrogen (secondary N) is 1. The lowest BCUT2D eigenvalue weighted by atomic mass is 10.1. The van der Waals surface area contributed by atoms with Crippen LogP contribution in [0, 0.1) is 5.82 Å². The van der Waals surface area contributed by atoms with Crippen molar-refractivity contribution in [2.24, 2.45) is 0 Å². The second-order valence-corrected chi connectivity index (χ2v) is 8.42. The predicted molar refractivity (Wildman–Crippen MR) is 129 cm³/mol. The Balaban J connectivity index is 1.61. The number of hydrogen-bond acceptors (Lipinski definition) is 6. The second kappa shape index (κ2) is 10.8. The van der Waals surface area contributed by atoms with Crippen LogP contribution in [0.3, 0.4) is 0 Å². The summed E-state index contributed by atoms with van der Waals surface area (Å²) < 4.78 is 13.5. The molecule has 1 aromatic carbocycles. The van der Waals surface area contributed by atoms with Gasteiger partial charge in [-0.2, -0.15) is 0 Å². The largest absolute Gasteiger partial charge is 0.391 e. The summed E-state index contributed by atoms with van der Waals surface area (Å²) in [5.74, 6) is 0.283. The summed E-state index contributed by atoms with van der Waals surface area (Å²) in [6.45, 7) is 0.841. The van der Waals surface area contributed by atoms with E-state index in [1.54, 1.807) is 23.4 Å². The van der Waals surface area contributed by atoms with Crippen LogP contribution >= 0.6 is 11.3 Å². The number of anilines is 2. The fraction of sp³-hybridized carbons (Fsp3) is 0.160. The van der Waals surface area contributed by atoms with Crippen molar-refractivity contribution >= 4 is 29.3 Å². The zero-order valence-corrected chi connectivity index (χ0v) is 18.6. The molecule has 168 valence electrons. The summed E-state index contributed by atoms with van der Waals surface area (Å²) in [7, 11) is 0. The lowest BCUT2D eigenvalue weighted by Gasteiger charge is -2.21. The smallest absolute Gasteiger partial charge is 0.214 e. The van der Waals surface area contributed by atoms with Gasteiger partial charge in [-0.1, -0.05) is 18.2 Å². The van der Waals surface area contributed by atoms with Gasteiger partial charge in [0.25, 0.3) is 0 Å². The van der Waals surface area contributed by atoms with E-state index in [-0.39, 0.29) is 12.4 Å². The zero-order chi connectivity index (χ0) is 23.0. The van der Waals surface area contributed by atoms with E-state index in [2.05, 4.69) is 10.3 Å². The highest BCUT2D eigenvalue weighted by Gasteiger charge is 2.15. The first-order valence-corrected chi connectivity index (χ1v) is 11.3. The van der Waals surface area contributed by atoms with E-state index < -0.39 is 0 Å². The van der Waals surface area contributed by atoms with E-state index in [1.165, 1.54) is 23.5 Å². The molecule has 0 bridgehead atoms. The highest BCUT2D eigenvalue weighted by Crippen LogP contribution is 2.31. The van der Waals surface area contributed by atoms with Gasteiger partial charge in [0, 0.05) is 34.8 Å². The van der Waals surface area contributed by atoms with E-state index in [1.807, 2.05) is 41.8 Å². The number of halogens is 1. The van der Waals surface area contributed by atoms with Crippen LogP contribution in [0.1, 0.15) is 16.0 Å². The fourth-order valence-electron chi connectivity index (χ4n) is 3.46. The maximum Gasteiger partial charge on any atom is 0.214 e. The van der Waals surface area contributed by atoms with Crippen LogP contribution in [-0.2, 0) is 24.4 Å². The molecule has 33 heavy (non-hydrogen) atoms. The Hall–Kier alpha value is -3.62. The van der Waals surface area contributed by atoms with Gasteiger partial charge in [0.2, 0.25) is 6.41 Å². The molecule has 0 fully saturated rings. The third-order valence-corrected chi connectivity index (χ3v) is 6.01. The van der Waals surface area contributed by atoms with Crippen LogP contribution in [-0.4, -0.2) is 28.0 Å². The summed E-state index contributed by atoms with van der Waals surface area (Å²) in [6, 6.07) is 15.8. The normalized spacial score (nSPS) is 10.7. The molecule has 4 rings (SSSR count). The van der Waals surface area contributed by atoms with Crippen molar-refractivity contribution in [3.8, 4) is 11.3 Å². The van der Waals surface area contributed by atoms with E-state index in [0.29, 0.717) is 31.0 Å². The minimum atomic E-state index is -0.269. The Morgan fingerprint density at radius 1 is 1.12 bits per heavy atom. The van der Waals surface area contributed by atoms with Crippen LogP contribution in [0.2, 0.25) is 0 Å². The molecular weight excluding hydrogens is 439 g/mol. The van der Waals surface area contributed by atoms with Gasteiger partial charge in [-0.25, -0.2) is 9.37 Å². The first-order valence-electron chi connectivity index (χ1n) is 10.4. The van der Waals surface area contributed by atoms with Gasteiger partial charge >= 0.3 is 0 Å². The van der Waals surface area contributed by atoms with Crippen LogP contribution in [0.4, 0.5) is 15.9 Å². The molecule has 0 spiro atoms. The molecule has 6 nitrogen and oxygen atoms in total. The highest BCUT2D eigenvalue weighted by atomic mass is 32.1. The SMILES string of the molecule is O=CN(Cc1cccnc1)c1ccc(-c2csc(CO)c2)nc1NCCc1cccc(F)c1. The van der Waals surface area contributed by atoms with Crippen molar-refractivity contribution in [2.45, 2.75) is 19.6 Å². The van der Waals surface area contributed by atoms with Crippen LogP contribution in [0.5, 0.6) is 0 Å². The van der Waals surface area contributed by atoms with E-state index in [0.717, 1.165) is 33.7 Å². The van der Waals surface area contributed by atoms with Crippen LogP contribution < -0.4 is 10.2 Å². The fourth-order valence-corrected chi connectivity index (χ4v) is 4.19. The maximum absolute atomic E-state index is 13.5. The van der Waals surface area contributed by atoms with Crippen LogP contribution in [0.15, 0.2) is 72.4 Å². The Labute approximate surface area is 195 Å². The Kier molecular flexibility index (Phi) is 7.39. The van der Waals surface area contributed by atoms with Crippen molar-refractivity contribution in [2.75, 3.05) is 16.8 Å². The lowest BCUT2D eigenvalue weighted by Crippen LogP contribution is -2.23.